The lowest BCUT2D eigenvalue weighted by Crippen LogP contribution is -2.57. The number of H-pyrrole nitrogens is 1. The smallest absolute Gasteiger partial charge is 0.322 e. The largest absolute Gasteiger partial charge is 0.480 e. The minimum absolute atomic E-state index is 0.0589. The minimum Gasteiger partial charge on any atom is -0.480 e. The maximum Gasteiger partial charge on any atom is 0.322 e. The molecule has 1 rings (SSSR count). The third-order valence-corrected chi connectivity index (χ3v) is 4.58. The van der Waals surface area contributed by atoms with E-state index in [9.17, 15) is 19.2 Å². The Morgan fingerprint density at radius 2 is 1.85 bits per heavy atom. The topological polar surface area (TPSA) is 244 Å². The quantitative estimate of drug-likeness (QED) is 0.0796. The molecule has 0 aliphatic carbocycles. The standard InChI is InChI=1S/C19H33N9O5/c1-10(2)15(18(33)25-8-14(29)30)28-17(32)13(6-11-7-23-9-26-11)27-16(31)12(20)4-3-5-24-19(21)22/h7,9-10,12-13,15H,3-6,8,20H2,1-2H3,(H,23,26)(H,25,33)(H,27,31)(H,28,32)(H,29,30)(H4,21,22,24). The molecule has 0 spiro atoms. The number of guanidine groups is 1. The molecule has 0 saturated carbocycles. The molecule has 1 aromatic rings. The maximum atomic E-state index is 13.0. The van der Waals surface area contributed by atoms with Crippen LogP contribution in [0.3, 0.4) is 0 Å². The lowest BCUT2D eigenvalue weighted by molar-refractivity contribution is -0.139. The van der Waals surface area contributed by atoms with Gasteiger partial charge in [-0.05, 0) is 18.8 Å². The number of amides is 3. The van der Waals surface area contributed by atoms with Crippen LogP contribution in [0.5, 0.6) is 0 Å². The van der Waals surface area contributed by atoms with Crippen molar-refractivity contribution >= 4 is 29.7 Å². The summed E-state index contributed by atoms with van der Waals surface area (Å²) < 4.78 is 0. The summed E-state index contributed by atoms with van der Waals surface area (Å²) in [4.78, 5) is 59.2. The lowest BCUT2D eigenvalue weighted by atomic mass is 10.0. The molecule has 0 bridgehead atoms. The number of aromatic nitrogens is 2. The Hall–Kier alpha value is -3.68. The molecular weight excluding hydrogens is 434 g/mol. The number of nitrogens with zero attached hydrogens (tertiary/aromatic N) is 2. The molecule has 0 aliphatic rings. The molecule has 184 valence electrons. The molecule has 14 heteroatoms. The second-order valence-electron chi connectivity index (χ2n) is 7.74. The first-order valence-electron chi connectivity index (χ1n) is 10.4. The van der Waals surface area contributed by atoms with Gasteiger partial charge in [0.1, 0.15) is 18.6 Å². The zero-order chi connectivity index (χ0) is 25.0. The van der Waals surface area contributed by atoms with Crippen LogP contribution in [-0.4, -0.2) is 75.9 Å². The fourth-order valence-corrected chi connectivity index (χ4v) is 2.82. The molecule has 3 unspecified atom stereocenters. The number of imidazole rings is 1. The van der Waals surface area contributed by atoms with E-state index in [4.69, 9.17) is 22.3 Å². The number of carbonyl (C=O) groups excluding carboxylic acids is 3. The number of hydrogen-bond acceptors (Lipinski definition) is 7. The summed E-state index contributed by atoms with van der Waals surface area (Å²) in [7, 11) is 0. The summed E-state index contributed by atoms with van der Waals surface area (Å²) in [5.41, 5.74) is 17.0. The third kappa shape index (κ3) is 10.5. The van der Waals surface area contributed by atoms with Crippen molar-refractivity contribution in [1.29, 1.82) is 0 Å². The highest BCUT2D eigenvalue weighted by Gasteiger charge is 2.30. The number of rotatable bonds is 14. The van der Waals surface area contributed by atoms with Gasteiger partial charge >= 0.3 is 5.97 Å². The Labute approximate surface area is 191 Å². The molecule has 11 N–H and O–H groups in total. The molecule has 1 aromatic heterocycles. The molecule has 3 amide bonds. The van der Waals surface area contributed by atoms with E-state index in [0.717, 1.165) is 0 Å². The molecule has 33 heavy (non-hydrogen) atoms. The number of aromatic amines is 1. The van der Waals surface area contributed by atoms with E-state index >= 15 is 0 Å². The van der Waals surface area contributed by atoms with Gasteiger partial charge in [0, 0.05) is 24.9 Å². The van der Waals surface area contributed by atoms with E-state index in [0.29, 0.717) is 18.7 Å². The van der Waals surface area contributed by atoms with E-state index in [1.54, 1.807) is 13.8 Å². The number of nitrogens with one attached hydrogen (secondary N) is 4. The van der Waals surface area contributed by atoms with Gasteiger partial charge in [-0.1, -0.05) is 13.8 Å². The Balaban J connectivity index is 2.85. The number of nitrogens with two attached hydrogens (primary N) is 3. The lowest BCUT2D eigenvalue weighted by Gasteiger charge is -2.25. The summed E-state index contributed by atoms with van der Waals surface area (Å²) in [5, 5.41) is 16.2. The minimum atomic E-state index is -1.21. The molecule has 0 radical (unpaired) electrons. The Morgan fingerprint density at radius 1 is 1.15 bits per heavy atom. The predicted molar refractivity (Wildman–Crippen MR) is 120 cm³/mol. The van der Waals surface area contributed by atoms with Crippen LogP contribution < -0.4 is 33.2 Å². The number of aliphatic carboxylic acids is 1. The zero-order valence-electron chi connectivity index (χ0n) is 18.7. The summed E-state index contributed by atoms with van der Waals surface area (Å²) in [6, 6.07) is -2.97. The second kappa shape index (κ2) is 13.7. The van der Waals surface area contributed by atoms with E-state index in [1.807, 2.05) is 0 Å². The van der Waals surface area contributed by atoms with Crippen LogP contribution in [0.15, 0.2) is 17.5 Å². The summed E-state index contributed by atoms with van der Waals surface area (Å²) in [6.45, 7) is 3.12. The Bertz CT molecular complexity index is 822. The molecule has 0 fully saturated rings. The zero-order valence-corrected chi connectivity index (χ0v) is 18.7. The van der Waals surface area contributed by atoms with Crippen molar-refractivity contribution in [3.63, 3.8) is 0 Å². The number of carbonyl (C=O) groups is 4. The van der Waals surface area contributed by atoms with Gasteiger partial charge in [0.05, 0.1) is 12.4 Å². The molecule has 14 nitrogen and oxygen atoms in total. The van der Waals surface area contributed by atoms with E-state index in [1.165, 1.54) is 12.5 Å². The fraction of sp³-hybridized carbons (Fsp3) is 0.579. The molecule has 0 aliphatic heterocycles. The SMILES string of the molecule is CC(C)C(NC(=O)C(Cc1cnc[nH]1)NC(=O)C(N)CCCN=C(N)N)C(=O)NCC(=O)O. The van der Waals surface area contributed by atoms with Gasteiger partial charge in [-0.3, -0.25) is 24.2 Å². The number of aliphatic imine (C=N–C) groups is 1. The number of carboxylic acids is 1. The molecule has 3 atom stereocenters. The van der Waals surface area contributed by atoms with Crippen molar-refractivity contribution in [3.8, 4) is 0 Å². The first-order valence-corrected chi connectivity index (χ1v) is 10.4. The predicted octanol–water partition coefficient (Wildman–Crippen LogP) is -2.84. The van der Waals surface area contributed by atoms with E-state index in [-0.39, 0.29) is 24.7 Å². The van der Waals surface area contributed by atoms with Crippen LogP contribution in [0.25, 0.3) is 0 Å². The highest BCUT2D eigenvalue weighted by atomic mass is 16.4. The summed E-state index contributed by atoms with van der Waals surface area (Å²) in [5.74, 6) is -3.45. The van der Waals surface area contributed by atoms with Crippen molar-refractivity contribution in [1.82, 2.24) is 25.9 Å². The highest BCUT2D eigenvalue weighted by molar-refractivity contribution is 5.93. The molecular formula is C19H33N9O5. The number of carboxylic acid groups (broad SMARTS) is 1. The maximum absolute atomic E-state index is 13.0. The average Bonchev–Trinajstić information content (AvgIpc) is 3.25. The monoisotopic (exact) mass is 467 g/mol. The van der Waals surface area contributed by atoms with Gasteiger partial charge < -0.3 is 43.2 Å². The summed E-state index contributed by atoms with van der Waals surface area (Å²) in [6.07, 6.45) is 3.75. The van der Waals surface area contributed by atoms with Gasteiger partial charge in [-0.25, -0.2) is 4.98 Å². The van der Waals surface area contributed by atoms with Crippen molar-refractivity contribution < 1.29 is 24.3 Å². The molecule has 0 saturated heterocycles. The van der Waals surface area contributed by atoms with Crippen molar-refractivity contribution in [3.05, 3.63) is 18.2 Å². The fourth-order valence-electron chi connectivity index (χ4n) is 2.82. The van der Waals surface area contributed by atoms with Gasteiger partial charge in [0.25, 0.3) is 0 Å². The average molecular weight is 468 g/mol. The molecule has 1 heterocycles. The van der Waals surface area contributed by atoms with E-state index < -0.39 is 48.4 Å². The van der Waals surface area contributed by atoms with Gasteiger partial charge in [0.2, 0.25) is 17.7 Å². The Kier molecular flexibility index (Phi) is 11.3. The Morgan fingerprint density at radius 3 is 2.39 bits per heavy atom. The summed E-state index contributed by atoms with van der Waals surface area (Å²) >= 11 is 0. The van der Waals surface area contributed by atoms with Gasteiger partial charge in [-0.2, -0.15) is 0 Å². The van der Waals surface area contributed by atoms with Crippen LogP contribution in [0.2, 0.25) is 0 Å². The van der Waals surface area contributed by atoms with E-state index in [2.05, 4.69) is 30.9 Å². The van der Waals surface area contributed by atoms with Gasteiger partial charge in [-0.15, -0.1) is 0 Å². The van der Waals surface area contributed by atoms with Crippen molar-refractivity contribution in [2.45, 2.75) is 51.2 Å². The van der Waals surface area contributed by atoms with Crippen molar-refractivity contribution in [2.75, 3.05) is 13.1 Å². The van der Waals surface area contributed by atoms with Crippen LogP contribution >= 0.6 is 0 Å². The van der Waals surface area contributed by atoms with Gasteiger partial charge in [0.15, 0.2) is 5.96 Å². The first kappa shape index (κ1) is 27.4. The third-order valence-electron chi connectivity index (χ3n) is 4.58. The van der Waals surface area contributed by atoms with Crippen LogP contribution in [0, 0.1) is 5.92 Å². The van der Waals surface area contributed by atoms with Crippen molar-refractivity contribution in [2.24, 2.45) is 28.1 Å². The van der Waals surface area contributed by atoms with Crippen LogP contribution in [-0.2, 0) is 25.6 Å². The highest BCUT2D eigenvalue weighted by Crippen LogP contribution is 2.06. The van der Waals surface area contributed by atoms with Crippen LogP contribution in [0.4, 0.5) is 0 Å². The first-order chi connectivity index (χ1) is 15.5. The normalized spacial score (nSPS) is 13.5. The number of hydrogen-bond donors (Lipinski definition) is 8. The van der Waals surface area contributed by atoms with Crippen LogP contribution in [0.1, 0.15) is 32.4 Å². The second-order valence-corrected chi connectivity index (χ2v) is 7.74. The molecule has 0 aromatic carbocycles.